The van der Waals surface area contributed by atoms with Crippen LogP contribution in [0.5, 0.6) is 0 Å². The molecule has 0 aliphatic carbocycles. The highest BCUT2D eigenvalue weighted by atomic mass is 35.5. The van der Waals surface area contributed by atoms with Crippen LogP contribution in [0.25, 0.3) is 0 Å². The van der Waals surface area contributed by atoms with Crippen molar-refractivity contribution in [3.8, 4) is 0 Å². The lowest BCUT2D eigenvalue weighted by atomic mass is 10.0. The number of nitrogens with one attached hydrogen (secondary N) is 1. The zero-order valence-electron chi connectivity index (χ0n) is 9.81. The van der Waals surface area contributed by atoms with E-state index in [1.54, 1.807) is 0 Å². The van der Waals surface area contributed by atoms with Crippen molar-refractivity contribution in [1.29, 1.82) is 0 Å². The van der Waals surface area contributed by atoms with Crippen molar-refractivity contribution in [3.63, 3.8) is 0 Å². The van der Waals surface area contributed by atoms with Crippen LogP contribution in [-0.4, -0.2) is 6.54 Å². The summed E-state index contributed by atoms with van der Waals surface area (Å²) in [4.78, 5) is 0. The van der Waals surface area contributed by atoms with E-state index in [-0.39, 0.29) is 0 Å². The molecular weight excluding hydrogens is 206 g/mol. The molecule has 1 rings (SSSR count). The fraction of sp³-hybridized carbons (Fsp3) is 0.538. The van der Waals surface area contributed by atoms with E-state index in [0.29, 0.717) is 0 Å². The van der Waals surface area contributed by atoms with Gasteiger partial charge in [-0.1, -0.05) is 44.4 Å². The van der Waals surface area contributed by atoms with Gasteiger partial charge in [0.05, 0.1) is 10.7 Å². The monoisotopic (exact) mass is 225 g/mol. The zero-order valence-corrected chi connectivity index (χ0v) is 10.6. The maximum atomic E-state index is 6.14. The summed E-state index contributed by atoms with van der Waals surface area (Å²) in [6, 6.07) is 6.14. The Morgan fingerprint density at radius 1 is 1.27 bits per heavy atom. The van der Waals surface area contributed by atoms with E-state index in [1.165, 1.54) is 18.4 Å². The molecule has 0 spiro atoms. The van der Waals surface area contributed by atoms with Crippen molar-refractivity contribution in [3.05, 3.63) is 28.8 Å². The van der Waals surface area contributed by atoms with Crippen LogP contribution in [0.4, 0.5) is 5.69 Å². The molecule has 0 aliphatic rings. The summed E-state index contributed by atoms with van der Waals surface area (Å²) in [6.45, 7) is 7.52. The number of hydrogen-bond acceptors (Lipinski definition) is 1. The summed E-state index contributed by atoms with van der Waals surface area (Å²) in [5.74, 6) is 0.738. The second kappa shape index (κ2) is 6.02. The van der Waals surface area contributed by atoms with Crippen molar-refractivity contribution in [2.75, 3.05) is 11.9 Å². The molecule has 0 saturated carbocycles. The summed E-state index contributed by atoms with van der Waals surface area (Å²) in [5, 5.41) is 4.23. The topological polar surface area (TPSA) is 12.0 Å². The molecule has 1 nitrogen and oxygen atoms in total. The number of hydrogen-bond donors (Lipinski definition) is 1. The van der Waals surface area contributed by atoms with Crippen LogP contribution in [-0.2, 0) is 0 Å². The summed E-state index contributed by atoms with van der Waals surface area (Å²) in [6.07, 6.45) is 2.43. The number of benzene rings is 1. The largest absolute Gasteiger partial charge is 0.384 e. The Morgan fingerprint density at radius 2 is 1.93 bits per heavy atom. The van der Waals surface area contributed by atoms with Gasteiger partial charge in [0.1, 0.15) is 0 Å². The van der Waals surface area contributed by atoms with Gasteiger partial charge in [-0.2, -0.15) is 0 Å². The number of halogens is 1. The van der Waals surface area contributed by atoms with Gasteiger partial charge in [0.25, 0.3) is 0 Å². The van der Waals surface area contributed by atoms with E-state index in [0.717, 1.165) is 23.2 Å². The zero-order chi connectivity index (χ0) is 11.3. The Kier molecular flexibility index (Phi) is 4.97. The van der Waals surface area contributed by atoms with Crippen molar-refractivity contribution >= 4 is 17.3 Å². The van der Waals surface area contributed by atoms with Crippen LogP contribution in [0.1, 0.15) is 32.3 Å². The summed E-state index contributed by atoms with van der Waals surface area (Å²) in [7, 11) is 0. The lowest BCUT2D eigenvalue weighted by Gasteiger charge is -2.15. The third kappa shape index (κ3) is 3.75. The van der Waals surface area contributed by atoms with Crippen LogP contribution in [0, 0.1) is 12.8 Å². The lowest BCUT2D eigenvalue weighted by molar-refractivity contribution is 0.519. The number of rotatable bonds is 5. The average molecular weight is 226 g/mol. The molecule has 0 amide bonds. The van der Waals surface area contributed by atoms with Gasteiger partial charge < -0.3 is 5.32 Å². The van der Waals surface area contributed by atoms with Gasteiger partial charge in [-0.15, -0.1) is 0 Å². The molecule has 15 heavy (non-hydrogen) atoms. The highest BCUT2D eigenvalue weighted by Crippen LogP contribution is 2.23. The minimum Gasteiger partial charge on any atom is -0.384 e. The fourth-order valence-electron chi connectivity index (χ4n) is 1.60. The Labute approximate surface area is 97.8 Å². The molecule has 1 aromatic carbocycles. The molecule has 2 heteroatoms. The molecule has 0 aliphatic heterocycles. The maximum Gasteiger partial charge on any atom is 0.0640 e. The molecule has 1 N–H and O–H groups in total. The second-order valence-electron chi connectivity index (χ2n) is 4.05. The van der Waals surface area contributed by atoms with Crippen molar-refractivity contribution in [2.45, 2.75) is 33.6 Å². The highest BCUT2D eigenvalue weighted by molar-refractivity contribution is 6.33. The summed E-state index contributed by atoms with van der Waals surface area (Å²) < 4.78 is 0. The van der Waals surface area contributed by atoms with Gasteiger partial charge in [-0.25, -0.2) is 0 Å². The van der Waals surface area contributed by atoms with Gasteiger partial charge in [0, 0.05) is 6.54 Å². The van der Waals surface area contributed by atoms with Crippen LogP contribution in [0.3, 0.4) is 0 Å². The Morgan fingerprint density at radius 3 is 2.47 bits per heavy atom. The minimum atomic E-state index is 0.738. The van der Waals surface area contributed by atoms with E-state index in [1.807, 2.05) is 6.07 Å². The lowest BCUT2D eigenvalue weighted by Crippen LogP contribution is -2.12. The molecule has 0 fully saturated rings. The molecule has 0 bridgehead atoms. The van der Waals surface area contributed by atoms with E-state index in [4.69, 9.17) is 11.6 Å². The van der Waals surface area contributed by atoms with E-state index in [9.17, 15) is 0 Å². The van der Waals surface area contributed by atoms with Gasteiger partial charge in [-0.05, 0) is 30.5 Å². The fourth-order valence-corrected chi connectivity index (χ4v) is 1.90. The third-order valence-corrected chi connectivity index (χ3v) is 3.17. The molecule has 84 valence electrons. The molecular formula is C13H20ClN. The average Bonchev–Trinajstić information content (AvgIpc) is 2.22. The van der Waals surface area contributed by atoms with Crippen molar-refractivity contribution < 1.29 is 0 Å². The first kappa shape index (κ1) is 12.4. The Balaban J connectivity index is 2.57. The van der Waals surface area contributed by atoms with Crippen LogP contribution >= 0.6 is 11.6 Å². The Hall–Kier alpha value is -0.690. The minimum absolute atomic E-state index is 0.738. The molecule has 0 atom stereocenters. The SMILES string of the molecule is CCC(CC)CNc1ccc(C)cc1Cl. The van der Waals surface area contributed by atoms with Gasteiger partial charge >= 0.3 is 0 Å². The quantitative estimate of drug-likeness (QED) is 0.778. The second-order valence-corrected chi connectivity index (χ2v) is 4.45. The van der Waals surface area contributed by atoms with Gasteiger partial charge in [0.2, 0.25) is 0 Å². The summed E-state index contributed by atoms with van der Waals surface area (Å²) >= 11 is 6.14. The van der Waals surface area contributed by atoms with Crippen molar-refractivity contribution in [1.82, 2.24) is 0 Å². The molecule has 0 saturated heterocycles. The number of anilines is 1. The number of aryl methyl sites for hydroxylation is 1. The van der Waals surface area contributed by atoms with Crippen LogP contribution in [0.2, 0.25) is 5.02 Å². The highest BCUT2D eigenvalue weighted by Gasteiger charge is 2.04. The molecule has 0 aromatic heterocycles. The van der Waals surface area contributed by atoms with Gasteiger partial charge in [-0.3, -0.25) is 0 Å². The van der Waals surface area contributed by atoms with E-state index >= 15 is 0 Å². The maximum absolute atomic E-state index is 6.14. The predicted molar refractivity (Wildman–Crippen MR) is 68.8 cm³/mol. The van der Waals surface area contributed by atoms with Gasteiger partial charge in [0.15, 0.2) is 0 Å². The first-order valence-electron chi connectivity index (χ1n) is 5.67. The smallest absolute Gasteiger partial charge is 0.0640 e. The van der Waals surface area contributed by atoms with Crippen LogP contribution in [0.15, 0.2) is 18.2 Å². The first-order chi connectivity index (χ1) is 7.17. The standard InChI is InChI=1S/C13H20ClN/c1-4-11(5-2)9-15-13-7-6-10(3)8-12(13)14/h6-8,11,15H,4-5,9H2,1-3H3. The molecule has 0 heterocycles. The van der Waals surface area contributed by atoms with Crippen molar-refractivity contribution in [2.24, 2.45) is 5.92 Å². The predicted octanol–water partition coefficient (Wildman–Crippen LogP) is 4.50. The molecule has 1 aromatic rings. The van der Waals surface area contributed by atoms with Crippen LogP contribution < -0.4 is 5.32 Å². The van der Waals surface area contributed by atoms with E-state index in [2.05, 4.69) is 38.2 Å². The first-order valence-corrected chi connectivity index (χ1v) is 6.05. The van der Waals surface area contributed by atoms with E-state index < -0.39 is 0 Å². The normalized spacial score (nSPS) is 10.7. The molecule has 0 unspecified atom stereocenters. The Bertz CT molecular complexity index is 305. The molecule has 0 radical (unpaired) electrons. The third-order valence-electron chi connectivity index (χ3n) is 2.86. The summed E-state index contributed by atoms with van der Waals surface area (Å²) in [5.41, 5.74) is 2.25.